The van der Waals surface area contributed by atoms with Gasteiger partial charge < -0.3 is 19.3 Å². The molecule has 39 heavy (non-hydrogen) atoms. The number of carbonyl (C=O) groups is 3. The van der Waals surface area contributed by atoms with Crippen molar-refractivity contribution in [3.05, 3.63) is 23.8 Å². The fraction of sp³-hybridized carbons (Fsp3) is 0.781. The number of hydrogen-bond acceptors (Lipinski definition) is 7. The van der Waals surface area contributed by atoms with E-state index in [1.807, 2.05) is 13.0 Å². The monoisotopic (exact) mass is 542 g/mol. The lowest BCUT2D eigenvalue weighted by molar-refractivity contribution is -0.225. The molecule has 0 aromatic rings. The van der Waals surface area contributed by atoms with Crippen LogP contribution in [0.15, 0.2) is 23.8 Å². The molecule has 216 valence electrons. The Balaban J connectivity index is 1.51. The summed E-state index contributed by atoms with van der Waals surface area (Å²) in [6, 6.07) is 0. The van der Waals surface area contributed by atoms with Gasteiger partial charge in [0.25, 0.3) is 0 Å². The molecule has 4 fully saturated rings. The van der Waals surface area contributed by atoms with E-state index in [-0.39, 0.29) is 54.7 Å². The minimum Gasteiger partial charge on any atom is -0.392 e. The van der Waals surface area contributed by atoms with Crippen LogP contribution in [-0.4, -0.2) is 59.8 Å². The van der Waals surface area contributed by atoms with Gasteiger partial charge in [-0.1, -0.05) is 59.6 Å². The SMILES string of the molecule is CCCC1O[C@@H]2C[C@H]3[C@@H]4C[C@H](C)C5=CC(=O)C=C[C@]5(C)[C@@]4(C)[C@@H](O)C[C@]3(C)[C@]2(C(=O)COCCC(=O)CC)O1. The first kappa shape index (κ1) is 28.8. The van der Waals surface area contributed by atoms with Gasteiger partial charge in [0.2, 0.25) is 0 Å². The molecule has 1 N–H and O–H groups in total. The molecule has 0 aromatic carbocycles. The van der Waals surface area contributed by atoms with Gasteiger partial charge in [-0.2, -0.15) is 0 Å². The van der Waals surface area contributed by atoms with Gasteiger partial charge in [0.05, 0.1) is 18.8 Å². The molecule has 7 heteroatoms. The van der Waals surface area contributed by atoms with Crippen molar-refractivity contribution in [2.75, 3.05) is 13.2 Å². The predicted molar refractivity (Wildman–Crippen MR) is 146 cm³/mol. The zero-order chi connectivity index (χ0) is 28.4. The Morgan fingerprint density at radius 3 is 2.59 bits per heavy atom. The van der Waals surface area contributed by atoms with Crippen molar-refractivity contribution in [3.8, 4) is 0 Å². The molecule has 1 unspecified atom stereocenters. The number of ketones is 3. The Hall–Kier alpha value is -1.67. The third-order valence-electron chi connectivity index (χ3n) is 11.6. The van der Waals surface area contributed by atoms with E-state index in [0.29, 0.717) is 25.7 Å². The zero-order valence-corrected chi connectivity index (χ0v) is 24.5. The van der Waals surface area contributed by atoms with E-state index < -0.39 is 40.3 Å². The second-order valence-electron chi connectivity index (χ2n) is 13.4. The maximum atomic E-state index is 14.2. The molecule has 0 bridgehead atoms. The molecule has 0 amide bonds. The quantitative estimate of drug-likeness (QED) is 0.420. The first-order valence-corrected chi connectivity index (χ1v) is 15.0. The third-order valence-corrected chi connectivity index (χ3v) is 11.6. The molecule has 5 rings (SSSR count). The standard InChI is InChI=1S/C32H46O7/c1-7-9-28-38-27-16-23-24-14-19(3)22-15-21(34)10-12-29(22,4)31(24,6)25(35)17-30(23,5)32(27,39-28)26(36)18-37-13-11-20(33)8-2/h10,12,15,19,23-25,27-28,35H,7-9,11,13-14,16-18H2,1-6H3/t19-,23-,24-,25-,27+,28?,29-,30-,31+,32+/m0/s1. The second-order valence-corrected chi connectivity index (χ2v) is 13.4. The average Bonchev–Trinajstić information content (AvgIpc) is 3.37. The Bertz CT molecular complexity index is 1090. The number of aliphatic hydroxyl groups is 1. The highest BCUT2D eigenvalue weighted by Crippen LogP contribution is 2.74. The van der Waals surface area contributed by atoms with E-state index in [9.17, 15) is 19.5 Å². The van der Waals surface area contributed by atoms with Gasteiger partial charge in [-0.15, -0.1) is 0 Å². The van der Waals surface area contributed by atoms with Crippen molar-refractivity contribution >= 4 is 17.3 Å². The van der Waals surface area contributed by atoms with E-state index in [2.05, 4.69) is 34.6 Å². The van der Waals surface area contributed by atoms with E-state index in [1.165, 1.54) is 0 Å². The molecule has 0 radical (unpaired) electrons. The first-order valence-electron chi connectivity index (χ1n) is 15.0. The van der Waals surface area contributed by atoms with Crippen LogP contribution in [0.5, 0.6) is 0 Å². The Kier molecular flexibility index (Phi) is 7.40. The lowest BCUT2D eigenvalue weighted by Gasteiger charge is -2.66. The van der Waals surface area contributed by atoms with Crippen molar-refractivity contribution in [2.45, 2.75) is 111 Å². The summed E-state index contributed by atoms with van der Waals surface area (Å²) in [6.07, 6.45) is 8.12. The van der Waals surface area contributed by atoms with Gasteiger partial charge in [0.15, 0.2) is 23.5 Å². The summed E-state index contributed by atoms with van der Waals surface area (Å²) in [6.45, 7) is 12.6. The zero-order valence-electron chi connectivity index (χ0n) is 24.5. The summed E-state index contributed by atoms with van der Waals surface area (Å²) in [5.41, 5.74) is -1.71. The summed E-state index contributed by atoms with van der Waals surface area (Å²) in [7, 11) is 0. The van der Waals surface area contributed by atoms with E-state index in [4.69, 9.17) is 14.2 Å². The smallest absolute Gasteiger partial charge is 0.193 e. The summed E-state index contributed by atoms with van der Waals surface area (Å²) >= 11 is 0. The van der Waals surface area contributed by atoms with Crippen molar-refractivity contribution in [1.29, 1.82) is 0 Å². The highest BCUT2D eigenvalue weighted by molar-refractivity contribution is 6.01. The molecule has 7 nitrogen and oxygen atoms in total. The van der Waals surface area contributed by atoms with Crippen molar-refractivity contribution < 1.29 is 33.7 Å². The summed E-state index contributed by atoms with van der Waals surface area (Å²) < 4.78 is 18.9. The Morgan fingerprint density at radius 2 is 1.90 bits per heavy atom. The molecular formula is C32H46O7. The average molecular weight is 543 g/mol. The molecule has 4 aliphatic carbocycles. The van der Waals surface area contributed by atoms with Gasteiger partial charge >= 0.3 is 0 Å². The van der Waals surface area contributed by atoms with Crippen LogP contribution in [0, 0.1) is 34.0 Å². The van der Waals surface area contributed by atoms with Crippen LogP contribution >= 0.6 is 0 Å². The second kappa shape index (κ2) is 10.0. The van der Waals surface area contributed by atoms with Crippen molar-refractivity contribution in [3.63, 3.8) is 0 Å². The van der Waals surface area contributed by atoms with Crippen LogP contribution in [0.25, 0.3) is 0 Å². The molecule has 1 heterocycles. The molecule has 5 aliphatic rings. The molecule has 1 saturated heterocycles. The third kappa shape index (κ3) is 3.93. The molecule has 1 aliphatic heterocycles. The van der Waals surface area contributed by atoms with Gasteiger partial charge in [-0.05, 0) is 55.6 Å². The topological polar surface area (TPSA) is 99.1 Å². The molecule has 0 spiro atoms. The van der Waals surface area contributed by atoms with Crippen molar-refractivity contribution in [1.82, 2.24) is 0 Å². The fourth-order valence-electron chi connectivity index (χ4n) is 9.32. The van der Waals surface area contributed by atoms with E-state index >= 15 is 0 Å². The Morgan fingerprint density at radius 1 is 1.15 bits per heavy atom. The largest absolute Gasteiger partial charge is 0.392 e. The van der Waals surface area contributed by atoms with Gasteiger partial charge in [-0.25, -0.2) is 0 Å². The fourth-order valence-corrected chi connectivity index (χ4v) is 9.32. The number of carbonyl (C=O) groups excluding carboxylic acids is 3. The highest BCUT2D eigenvalue weighted by atomic mass is 16.7. The van der Waals surface area contributed by atoms with Gasteiger partial charge in [0, 0.05) is 29.1 Å². The number of aliphatic hydroxyl groups excluding tert-OH is 1. The molecular weight excluding hydrogens is 496 g/mol. The van der Waals surface area contributed by atoms with Crippen LogP contribution in [0.3, 0.4) is 0 Å². The number of rotatable bonds is 9. The van der Waals surface area contributed by atoms with Crippen LogP contribution in [-0.2, 0) is 28.6 Å². The maximum absolute atomic E-state index is 14.2. The van der Waals surface area contributed by atoms with Gasteiger partial charge in [-0.3, -0.25) is 14.4 Å². The van der Waals surface area contributed by atoms with E-state index in [1.54, 1.807) is 12.2 Å². The summed E-state index contributed by atoms with van der Waals surface area (Å²) in [4.78, 5) is 38.3. The molecule has 10 atom stereocenters. The lowest BCUT2D eigenvalue weighted by Crippen LogP contribution is -2.67. The predicted octanol–water partition coefficient (Wildman–Crippen LogP) is 4.75. The van der Waals surface area contributed by atoms with Crippen LogP contribution in [0.4, 0.5) is 0 Å². The first-order chi connectivity index (χ1) is 18.4. The van der Waals surface area contributed by atoms with Gasteiger partial charge in [0.1, 0.15) is 12.4 Å². The number of ether oxygens (including phenoxy) is 3. The summed E-state index contributed by atoms with van der Waals surface area (Å²) in [5, 5.41) is 12.1. The minimum atomic E-state index is -1.20. The van der Waals surface area contributed by atoms with E-state index in [0.717, 1.165) is 18.4 Å². The molecule has 3 saturated carbocycles. The molecule has 0 aromatic heterocycles. The minimum absolute atomic E-state index is 0.0101. The van der Waals surface area contributed by atoms with Crippen molar-refractivity contribution in [2.24, 2.45) is 34.0 Å². The normalized spacial score (nSPS) is 46.2. The van der Waals surface area contributed by atoms with Crippen LogP contribution in [0.1, 0.15) is 86.5 Å². The number of hydrogen-bond donors (Lipinski definition) is 1. The van der Waals surface area contributed by atoms with Crippen LogP contribution in [0.2, 0.25) is 0 Å². The van der Waals surface area contributed by atoms with Crippen LogP contribution < -0.4 is 0 Å². The summed E-state index contributed by atoms with van der Waals surface area (Å²) in [5.74, 6) is 0.354. The number of Topliss-reactive ketones (excluding diaryl/α,β-unsaturated/α-hetero) is 2. The lowest BCUT2D eigenvalue weighted by atomic mass is 9.38. The highest BCUT2D eigenvalue weighted by Gasteiger charge is 2.78. The number of allylic oxidation sites excluding steroid dienone is 4. The maximum Gasteiger partial charge on any atom is 0.193 e. The Labute approximate surface area is 232 Å². The number of fused-ring (bicyclic) bond motifs is 7.